The van der Waals surface area contributed by atoms with Gasteiger partial charge >= 0.3 is 0 Å². The Labute approximate surface area is 786 Å². The van der Waals surface area contributed by atoms with Crippen LogP contribution in [0.15, 0.2) is 510 Å². The van der Waals surface area contributed by atoms with E-state index >= 15 is 0 Å². The molecule has 0 fully saturated rings. The van der Waals surface area contributed by atoms with Crippen LogP contribution in [0.25, 0.3) is 234 Å². The Balaban J connectivity index is 0.000000114. The number of hydrogen-bond donors (Lipinski definition) is 0. The maximum atomic E-state index is 5.33. The minimum Gasteiger partial charge on any atom is -0.309 e. The number of hydrogen-bond acceptors (Lipinski definition) is 6. The molecule has 136 heavy (non-hydrogen) atoms. The van der Waals surface area contributed by atoms with Crippen molar-refractivity contribution in [2.45, 2.75) is 0 Å². The van der Waals surface area contributed by atoms with Crippen molar-refractivity contribution in [3.8, 4) is 147 Å². The van der Waals surface area contributed by atoms with Crippen LogP contribution in [0.2, 0.25) is 0 Å². The van der Waals surface area contributed by atoms with Crippen molar-refractivity contribution in [2.24, 2.45) is 0 Å². The largest absolute Gasteiger partial charge is 0.309 e. The molecule has 638 valence electrons. The van der Waals surface area contributed by atoms with Crippen LogP contribution in [0.1, 0.15) is 0 Å². The van der Waals surface area contributed by atoms with Gasteiger partial charge in [0, 0.05) is 116 Å². The van der Waals surface area contributed by atoms with Crippen LogP contribution >= 0.6 is 0 Å². The van der Waals surface area contributed by atoms with Gasteiger partial charge in [0.15, 0.2) is 17.5 Å². The Bertz CT molecular complexity index is 8500. The normalized spacial score (nSPS) is 11.4. The van der Waals surface area contributed by atoms with Gasteiger partial charge in [-0.1, -0.05) is 400 Å². The zero-order chi connectivity index (χ0) is 90.2. The predicted octanol–water partition coefficient (Wildman–Crippen LogP) is 32.2. The summed E-state index contributed by atoms with van der Waals surface area (Å²) < 4.78 is 9.46. The fourth-order valence-electron chi connectivity index (χ4n) is 19.3. The molecular weight excluding hydrogens is 1650 g/mol. The van der Waals surface area contributed by atoms with Crippen LogP contribution in [0, 0.1) is 0 Å². The van der Waals surface area contributed by atoms with Crippen molar-refractivity contribution in [1.82, 2.24) is 48.2 Å². The highest BCUT2D eigenvalue weighted by Gasteiger charge is 2.23. The number of fused-ring (bicyclic) bond motifs is 12. The van der Waals surface area contributed by atoms with Gasteiger partial charge in [0.2, 0.25) is 0 Å². The molecule has 26 rings (SSSR count). The zero-order valence-electron chi connectivity index (χ0n) is 74.0. The molecule has 10 heteroatoms. The lowest BCUT2D eigenvalue weighted by Crippen LogP contribution is -2.01. The summed E-state index contributed by atoms with van der Waals surface area (Å²) >= 11 is 0. The first-order chi connectivity index (χ1) is 67.4. The van der Waals surface area contributed by atoms with Crippen LogP contribution in [0.3, 0.4) is 0 Å². The second-order valence-electron chi connectivity index (χ2n) is 34.0. The topological polar surface area (TPSA) is 97.1 Å². The average molecular weight is 1740 g/mol. The van der Waals surface area contributed by atoms with Crippen LogP contribution in [-0.2, 0) is 0 Å². The van der Waals surface area contributed by atoms with Gasteiger partial charge in [-0.25, -0.2) is 29.9 Å². The standard InChI is InChI=1S/C52H34N4.C40H27N3.C34H23N3/c1-3-15-35(16-4-1)36-27-29-37(30-28-36)46-34-47(54-52(53-46)38-17-5-2-6-18-38)39-31-40(55-48-23-11-7-19-42(48)43-20-8-12-24-49(43)55)33-41(32-39)56-50-25-13-9-21-44(50)45-22-10-14-26-51(45)56;1-3-11-28(12-4-1)29-19-21-30(22-20-29)36-27-37(42-40(41-36)32-13-5-2-6-14-32)31-23-25-33(26-24-31)43-38-17-9-7-15-34(38)35-16-8-10-18-39(35)43;1-3-11-24(12-4-1)30-23-31(36-34(35-30)26-13-5-2-6-14-26)25-19-21-27(22-20-25)37-32-17-9-7-15-28(32)29-16-8-10-18-33(29)37/h1-34H;1-27H;1-23H. The Kier molecular flexibility index (Phi) is 21.1. The fraction of sp³-hybridized carbons (Fsp3) is 0. The molecule has 7 aromatic heterocycles. The zero-order valence-corrected chi connectivity index (χ0v) is 74.0. The molecule has 10 nitrogen and oxygen atoms in total. The molecule has 19 aromatic carbocycles. The summed E-state index contributed by atoms with van der Waals surface area (Å²) in [5, 5.41) is 9.93. The molecule has 26 aromatic rings. The molecule has 0 aliphatic rings. The Morgan fingerprint density at radius 3 is 0.507 bits per heavy atom. The third kappa shape index (κ3) is 15.4. The lowest BCUT2D eigenvalue weighted by atomic mass is 10.0. The number of para-hydroxylation sites is 8. The molecule has 0 aliphatic carbocycles. The van der Waals surface area contributed by atoms with Crippen molar-refractivity contribution in [3.05, 3.63) is 510 Å². The van der Waals surface area contributed by atoms with Crippen molar-refractivity contribution >= 4 is 87.2 Å². The van der Waals surface area contributed by atoms with Crippen LogP contribution in [0.5, 0.6) is 0 Å². The molecule has 0 spiro atoms. The number of rotatable bonds is 15. The van der Waals surface area contributed by atoms with Gasteiger partial charge in [0.25, 0.3) is 0 Å². The molecule has 0 unspecified atom stereocenters. The molecule has 0 saturated heterocycles. The molecule has 0 saturated carbocycles. The third-order valence-electron chi connectivity index (χ3n) is 25.8. The maximum Gasteiger partial charge on any atom is 0.160 e. The summed E-state index contributed by atoms with van der Waals surface area (Å²) in [6.45, 7) is 0. The summed E-state index contributed by atoms with van der Waals surface area (Å²) in [6, 6.07) is 179. The van der Waals surface area contributed by atoms with Crippen LogP contribution in [-0.4, -0.2) is 48.2 Å². The number of benzene rings is 19. The van der Waals surface area contributed by atoms with Crippen molar-refractivity contribution in [3.63, 3.8) is 0 Å². The minimum absolute atomic E-state index is 0.686. The van der Waals surface area contributed by atoms with E-state index in [2.05, 4.69) is 443 Å². The SMILES string of the molecule is c1ccc(-c2cc(-c3ccc(-n4c5ccccc5c5ccccc54)cc3)nc(-c3ccccc3)n2)cc1.c1ccc(-c2ccc(-c3cc(-c4cc(-n5c6ccccc6c6ccccc65)cc(-n5c6ccccc6c6ccccc65)c4)nc(-c4ccccc4)n3)cc2)cc1.c1ccc(-c2ccc(-c3cc(-c4ccc(-n5c6ccccc6c6ccccc65)cc4)nc(-c4ccccc4)n3)cc2)cc1. The highest BCUT2D eigenvalue weighted by Crippen LogP contribution is 2.43. The van der Waals surface area contributed by atoms with Crippen molar-refractivity contribution < 1.29 is 0 Å². The molecule has 0 N–H and O–H groups in total. The number of aromatic nitrogens is 10. The second-order valence-corrected chi connectivity index (χ2v) is 34.0. The quantitative estimate of drug-likeness (QED) is 0.101. The summed E-state index contributed by atoms with van der Waals surface area (Å²) in [7, 11) is 0. The Hall–Kier alpha value is -18.4. The van der Waals surface area contributed by atoms with Crippen molar-refractivity contribution in [1.29, 1.82) is 0 Å². The summed E-state index contributed by atoms with van der Waals surface area (Å²) in [4.78, 5) is 30.5. The first-order valence-electron chi connectivity index (χ1n) is 45.9. The molecule has 0 atom stereocenters. The Morgan fingerprint density at radius 2 is 0.272 bits per heavy atom. The lowest BCUT2D eigenvalue weighted by molar-refractivity contribution is 1.13. The molecule has 0 aliphatic heterocycles. The molecule has 7 heterocycles. The van der Waals surface area contributed by atoms with Gasteiger partial charge in [-0.15, -0.1) is 0 Å². The highest BCUT2D eigenvalue weighted by atomic mass is 15.0. The van der Waals surface area contributed by atoms with Gasteiger partial charge in [0.1, 0.15) is 0 Å². The van der Waals surface area contributed by atoms with Gasteiger partial charge < -0.3 is 18.3 Å². The van der Waals surface area contributed by atoms with Gasteiger partial charge in [0.05, 0.1) is 78.3 Å². The van der Waals surface area contributed by atoms with Crippen LogP contribution in [0.4, 0.5) is 0 Å². The van der Waals surface area contributed by atoms with E-state index in [-0.39, 0.29) is 0 Å². The van der Waals surface area contributed by atoms with E-state index in [0.717, 1.165) is 135 Å². The monoisotopic (exact) mass is 1740 g/mol. The first-order valence-corrected chi connectivity index (χ1v) is 45.9. The molecule has 0 radical (unpaired) electrons. The first kappa shape index (κ1) is 80.9. The van der Waals surface area contributed by atoms with Crippen LogP contribution < -0.4 is 0 Å². The summed E-state index contributed by atoms with van der Waals surface area (Å²) in [6.07, 6.45) is 0. The predicted molar refractivity (Wildman–Crippen MR) is 563 cm³/mol. The van der Waals surface area contributed by atoms with E-state index in [1.54, 1.807) is 0 Å². The van der Waals surface area contributed by atoms with E-state index in [0.29, 0.717) is 11.6 Å². The van der Waals surface area contributed by atoms with Crippen molar-refractivity contribution in [2.75, 3.05) is 0 Å². The molecular formula is C126H84N10. The van der Waals surface area contributed by atoms with Gasteiger partial charge in [-0.2, -0.15) is 0 Å². The highest BCUT2D eigenvalue weighted by molar-refractivity contribution is 6.13. The minimum atomic E-state index is 0.686. The number of nitrogens with zero attached hydrogens (tertiary/aromatic N) is 10. The fourth-order valence-corrected chi connectivity index (χ4v) is 19.3. The Morgan fingerprint density at radius 1 is 0.110 bits per heavy atom. The second kappa shape index (κ2) is 35.5. The van der Waals surface area contributed by atoms with E-state index in [4.69, 9.17) is 29.9 Å². The van der Waals surface area contributed by atoms with Gasteiger partial charge in [-0.05, 0) is 131 Å². The van der Waals surface area contributed by atoms with E-state index in [1.165, 1.54) is 87.4 Å². The maximum absolute atomic E-state index is 5.33. The summed E-state index contributed by atoms with van der Waals surface area (Å²) in [5.41, 5.74) is 33.1. The lowest BCUT2D eigenvalue weighted by Gasteiger charge is -2.16. The molecule has 0 amide bonds. The smallest absolute Gasteiger partial charge is 0.160 e. The van der Waals surface area contributed by atoms with Gasteiger partial charge in [-0.3, -0.25) is 0 Å². The average Bonchev–Trinajstić information content (AvgIpc) is 1.56. The molecule has 0 bridgehead atoms. The summed E-state index contributed by atoms with van der Waals surface area (Å²) in [5.74, 6) is 2.13. The third-order valence-corrected chi connectivity index (χ3v) is 25.8. The van der Waals surface area contributed by atoms with E-state index < -0.39 is 0 Å². The van der Waals surface area contributed by atoms with E-state index in [9.17, 15) is 0 Å². The van der Waals surface area contributed by atoms with E-state index in [1.807, 2.05) is 84.9 Å².